The van der Waals surface area contributed by atoms with Crippen LogP contribution >= 0.6 is 0 Å². The summed E-state index contributed by atoms with van der Waals surface area (Å²) in [6.07, 6.45) is 3.60. The van der Waals surface area contributed by atoms with Crippen molar-refractivity contribution in [3.8, 4) is 5.75 Å². The molecule has 0 spiro atoms. The predicted octanol–water partition coefficient (Wildman–Crippen LogP) is 3.11. The van der Waals surface area contributed by atoms with Gasteiger partial charge in [-0.05, 0) is 29.2 Å². The smallest absolute Gasteiger partial charge is 0.260 e. The maximum Gasteiger partial charge on any atom is 0.260 e. The summed E-state index contributed by atoms with van der Waals surface area (Å²) in [5.74, 6) is 0.840. The molecule has 1 aliphatic heterocycles. The average Bonchev–Trinajstić information content (AvgIpc) is 2.66. The van der Waals surface area contributed by atoms with Crippen molar-refractivity contribution >= 4 is 11.6 Å². The number of carbonyl (C=O) groups excluding carboxylic acids is 1. The zero-order valence-electron chi connectivity index (χ0n) is 15.8. The molecule has 5 nitrogen and oxygen atoms in total. The van der Waals surface area contributed by atoms with E-state index in [9.17, 15) is 4.79 Å². The fraction of sp³-hybridized carbons (Fsp3) is 0.429. The number of carbonyl (C=O) groups is 1. The van der Waals surface area contributed by atoms with Gasteiger partial charge in [0.2, 0.25) is 0 Å². The summed E-state index contributed by atoms with van der Waals surface area (Å²) in [6.45, 7) is 9.61. The van der Waals surface area contributed by atoms with Crippen molar-refractivity contribution in [2.45, 2.75) is 26.2 Å². The predicted molar refractivity (Wildman–Crippen MR) is 104 cm³/mol. The first kappa shape index (κ1) is 18.2. The van der Waals surface area contributed by atoms with Crippen LogP contribution in [-0.4, -0.2) is 48.6 Å². The van der Waals surface area contributed by atoms with Crippen molar-refractivity contribution in [2.75, 3.05) is 37.7 Å². The molecule has 0 atom stereocenters. The van der Waals surface area contributed by atoms with E-state index in [1.165, 1.54) is 0 Å². The molecule has 0 N–H and O–H groups in total. The number of amides is 1. The number of pyridine rings is 1. The highest BCUT2D eigenvalue weighted by molar-refractivity contribution is 5.78. The lowest BCUT2D eigenvalue weighted by Gasteiger charge is -2.36. The van der Waals surface area contributed by atoms with E-state index in [1.807, 2.05) is 35.2 Å². The van der Waals surface area contributed by atoms with Crippen LogP contribution in [0.1, 0.15) is 26.3 Å². The summed E-state index contributed by atoms with van der Waals surface area (Å²) in [5, 5.41) is 0. The van der Waals surface area contributed by atoms with Crippen LogP contribution in [0, 0.1) is 0 Å². The molecule has 0 saturated carbocycles. The number of nitrogens with zero attached hydrogens (tertiary/aromatic N) is 3. The van der Waals surface area contributed by atoms with E-state index < -0.39 is 0 Å². The Bertz CT molecular complexity index is 732. The van der Waals surface area contributed by atoms with Crippen molar-refractivity contribution in [1.29, 1.82) is 0 Å². The third-order valence-corrected chi connectivity index (χ3v) is 4.71. The summed E-state index contributed by atoms with van der Waals surface area (Å²) < 4.78 is 5.88. The van der Waals surface area contributed by atoms with Gasteiger partial charge in [-0.15, -0.1) is 0 Å². The van der Waals surface area contributed by atoms with E-state index in [0.29, 0.717) is 13.1 Å². The zero-order chi connectivity index (χ0) is 18.6. The molecule has 26 heavy (non-hydrogen) atoms. The number of para-hydroxylation sites is 1. The second-order valence-electron chi connectivity index (χ2n) is 7.61. The Morgan fingerprint density at radius 1 is 1.04 bits per heavy atom. The van der Waals surface area contributed by atoms with Gasteiger partial charge in [-0.1, -0.05) is 39.0 Å². The van der Waals surface area contributed by atoms with Crippen LogP contribution in [0.5, 0.6) is 5.75 Å². The molecule has 2 aromatic rings. The van der Waals surface area contributed by atoms with Crippen LogP contribution in [0.4, 0.5) is 5.69 Å². The van der Waals surface area contributed by atoms with Crippen LogP contribution in [0.15, 0.2) is 48.8 Å². The van der Waals surface area contributed by atoms with Gasteiger partial charge in [0.15, 0.2) is 6.61 Å². The van der Waals surface area contributed by atoms with Crippen molar-refractivity contribution in [3.05, 3.63) is 54.4 Å². The summed E-state index contributed by atoms with van der Waals surface area (Å²) in [6, 6.07) is 12.0. The number of hydrogen-bond acceptors (Lipinski definition) is 4. The van der Waals surface area contributed by atoms with Gasteiger partial charge >= 0.3 is 0 Å². The van der Waals surface area contributed by atoms with Gasteiger partial charge in [-0.25, -0.2) is 0 Å². The number of anilines is 1. The lowest BCUT2D eigenvalue weighted by molar-refractivity contribution is -0.133. The number of ether oxygens (including phenoxy) is 1. The van der Waals surface area contributed by atoms with Crippen molar-refractivity contribution < 1.29 is 9.53 Å². The van der Waals surface area contributed by atoms with E-state index in [1.54, 1.807) is 12.4 Å². The van der Waals surface area contributed by atoms with Gasteiger partial charge in [0, 0.05) is 44.3 Å². The van der Waals surface area contributed by atoms with E-state index in [2.05, 4.69) is 36.7 Å². The molecule has 5 heteroatoms. The maximum atomic E-state index is 12.5. The quantitative estimate of drug-likeness (QED) is 0.847. The Morgan fingerprint density at radius 3 is 2.35 bits per heavy atom. The number of benzene rings is 1. The van der Waals surface area contributed by atoms with E-state index in [-0.39, 0.29) is 17.9 Å². The third-order valence-electron chi connectivity index (χ3n) is 4.71. The van der Waals surface area contributed by atoms with Crippen molar-refractivity contribution in [2.24, 2.45) is 0 Å². The molecular weight excluding hydrogens is 326 g/mol. The number of hydrogen-bond donors (Lipinski definition) is 0. The monoisotopic (exact) mass is 353 g/mol. The number of piperazine rings is 1. The first-order valence-corrected chi connectivity index (χ1v) is 9.10. The Labute approximate surface area is 155 Å². The second-order valence-corrected chi connectivity index (χ2v) is 7.61. The highest BCUT2D eigenvalue weighted by Crippen LogP contribution is 2.30. The number of aromatic nitrogens is 1. The molecule has 1 fully saturated rings. The summed E-state index contributed by atoms with van der Waals surface area (Å²) in [5.41, 5.74) is 2.26. The Kier molecular flexibility index (Phi) is 5.45. The van der Waals surface area contributed by atoms with Crippen LogP contribution in [0.25, 0.3) is 0 Å². The summed E-state index contributed by atoms with van der Waals surface area (Å²) >= 11 is 0. The van der Waals surface area contributed by atoms with Gasteiger partial charge in [0.25, 0.3) is 5.91 Å². The largest absolute Gasteiger partial charge is 0.483 e. The first-order chi connectivity index (χ1) is 12.4. The molecule has 1 aromatic carbocycles. The normalized spacial score (nSPS) is 15.0. The van der Waals surface area contributed by atoms with Crippen LogP contribution in [0.2, 0.25) is 0 Å². The van der Waals surface area contributed by atoms with E-state index in [4.69, 9.17) is 4.74 Å². The van der Waals surface area contributed by atoms with Gasteiger partial charge in [0.1, 0.15) is 5.75 Å². The fourth-order valence-corrected chi connectivity index (χ4v) is 3.21. The molecule has 0 bridgehead atoms. The summed E-state index contributed by atoms with van der Waals surface area (Å²) in [4.78, 5) is 20.8. The minimum Gasteiger partial charge on any atom is -0.483 e. The van der Waals surface area contributed by atoms with Gasteiger partial charge in [0.05, 0.1) is 0 Å². The lowest BCUT2D eigenvalue weighted by atomic mass is 9.86. The molecule has 1 aliphatic rings. The molecule has 1 aromatic heterocycles. The number of rotatable bonds is 4. The van der Waals surface area contributed by atoms with Gasteiger partial charge in [-0.3, -0.25) is 9.78 Å². The van der Waals surface area contributed by atoms with E-state index >= 15 is 0 Å². The van der Waals surface area contributed by atoms with E-state index in [0.717, 1.165) is 30.1 Å². The van der Waals surface area contributed by atoms with Crippen molar-refractivity contribution in [1.82, 2.24) is 9.88 Å². The molecule has 1 amide bonds. The average molecular weight is 353 g/mol. The first-order valence-electron chi connectivity index (χ1n) is 9.10. The third kappa shape index (κ3) is 4.34. The molecule has 0 aliphatic carbocycles. The highest BCUT2D eigenvalue weighted by Gasteiger charge is 2.23. The van der Waals surface area contributed by atoms with Crippen LogP contribution in [-0.2, 0) is 10.2 Å². The maximum absolute atomic E-state index is 12.5. The lowest BCUT2D eigenvalue weighted by Crippen LogP contribution is -2.50. The molecule has 138 valence electrons. The zero-order valence-corrected chi connectivity index (χ0v) is 15.8. The molecule has 1 saturated heterocycles. The van der Waals surface area contributed by atoms with Crippen LogP contribution in [0.3, 0.4) is 0 Å². The topological polar surface area (TPSA) is 45.7 Å². The van der Waals surface area contributed by atoms with Gasteiger partial charge in [-0.2, -0.15) is 0 Å². The highest BCUT2D eigenvalue weighted by atomic mass is 16.5. The van der Waals surface area contributed by atoms with Crippen molar-refractivity contribution in [3.63, 3.8) is 0 Å². The molecule has 0 unspecified atom stereocenters. The molecule has 0 radical (unpaired) electrons. The van der Waals surface area contributed by atoms with Crippen LogP contribution < -0.4 is 9.64 Å². The molecule has 2 heterocycles. The van der Waals surface area contributed by atoms with Gasteiger partial charge < -0.3 is 14.5 Å². The molecular formula is C21H27N3O2. The Morgan fingerprint density at radius 2 is 1.69 bits per heavy atom. The second kappa shape index (κ2) is 7.77. The fourth-order valence-electron chi connectivity index (χ4n) is 3.21. The minimum absolute atomic E-state index is 0.0180. The standard InChI is InChI=1S/C21H27N3O2/c1-21(2,3)18-6-4-5-7-19(18)26-16-20(25)24-14-12-23(13-15-24)17-8-10-22-11-9-17/h4-11H,12-16H2,1-3H3. The SMILES string of the molecule is CC(C)(C)c1ccccc1OCC(=O)N1CCN(c2ccncc2)CC1. The Balaban J connectivity index is 1.54. The Hall–Kier alpha value is -2.56. The minimum atomic E-state index is -0.0180. The summed E-state index contributed by atoms with van der Waals surface area (Å²) in [7, 11) is 0. The molecule has 3 rings (SSSR count).